The molecule has 2 aromatic rings. The first kappa shape index (κ1) is 15.3. The maximum Gasteiger partial charge on any atom is 0.253 e. The van der Waals surface area contributed by atoms with Gasteiger partial charge in [0.25, 0.3) is 5.56 Å². The Hall–Kier alpha value is -2.10. The number of aromatic nitrogens is 1. The topological polar surface area (TPSA) is 51.1 Å². The molecular weight excluding hydrogens is 264 g/mol. The van der Waals surface area contributed by atoms with Gasteiger partial charge in [-0.05, 0) is 30.4 Å². The Balaban J connectivity index is 2.20. The molecular formula is C17H22N2O2. The standard InChI is InChI=1S/C17H22N2O2/c1-12(2)11-18-16(20)8-9-19-15-7-5-4-6-14(15)10-13(3)17(19)21/h4-7,10,12H,8-9,11H2,1-3H3,(H,18,20). The summed E-state index contributed by atoms with van der Waals surface area (Å²) >= 11 is 0. The summed E-state index contributed by atoms with van der Waals surface area (Å²) in [6, 6.07) is 9.66. The second kappa shape index (κ2) is 6.57. The lowest BCUT2D eigenvalue weighted by molar-refractivity contribution is -0.121. The van der Waals surface area contributed by atoms with Gasteiger partial charge in [0.15, 0.2) is 0 Å². The fourth-order valence-corrected chi connectivity index (χ4v) is 2.31. The van der Waals surface area contributed by atoms with Crippen molar-refractivity contribution in [1.29, 1.82) is 0 Å². The Morgan fingerprint density at radius 3 is 2.71 bits per heavy atom. The molecule has 1 aromatic heterocycles. The van der Waals surface area contributed by atoms with E-state index in [1.165, 1.54) is 0 Å². The molecule has 0 aliphatic rings. The highest BCUT2D eigenvalue weighted by atomic mass is 16.1. The normalized spacial score (nSPS) is 11.0. The molecule has 4 nitrogen and oxygen atoms in total. The summed E-state index contributed by atoms with van der Waals surface area (Å²) in [7, 11) is 0. The van der Waals surface area contributed by atoms with Gasteiger partial charge in [-0.3, -0.25) is 9.59 Å². The molecule has 0 bridgehead atoms. The minimum atomic E-state index is -0.0228. The number of nitrogens with zero attached hydrogens (tertiary/aromatic N) is 1. The Morgan fingerprint density at radius 1 is 1.29 bits per heavy atom. The van der Waals surface area contributed by atoms with Crippen molar-refractivity contribution in [1.82, 2.24) is 9.88 Å². The van der Waals surface area contributed by atoms with Crippen LogP contribution in [0.25, 0.3) is 10.9 Å². The van der Waals surface area contributed by atoms with E-state index in [-0.39, 0.29) is 11.5 Å². The van der Waals surface area contributed by atoms with Crippen molar-refractivity contribution in [3.8, 4) is 0 Å². The third-order valence-electron chi connectivity index (χ3n) is 3.45. The molecule has 0 saturated carbocycles. The minimum absolute atomic E-state index is 0.0128. The van der Waals surface area contributed by atoms with Crippen molar-refractivity contribution in [2.75, 3.05) is 6.54 Å². The highest BCUT2D eigenvalue weighted by Crippen LogP contribution is 2.13. The van der Waals surface area contributed by atoms with Crippen LogP contribution in [0.15, 0.2) is 35.1 Å². The number of rotatable bonds is 5. The fraction of sp³-hybridized carbons (Fsp3) is 0.412. The van der Waals surface area contributed by atoms with E-state index in [1.807, 2.05) is 37.3 Å². The van der Waals surface area contributed by atoms with E-state index >= 15 is 0 Å². The quantitative estimate of drug-likeness (QED) is 0.918. The minimum Gasteiger partial charge on any atom is -0.356 e. The van der Waals surface area contributed by atoms with E-state index in [9.17, 15) is 9.59 Å². The number of hydrogen-bond donors (Lipinski definition) is 1. The highest BCUT2D eigenvalue weighted by Gasteiger charge is 2.08. The van der Waals surface area contributed by atoms with Crippen molar-refractivity contribution in [2.45, 2.75) is 33.7 Å². The number of nitrogens with one attached hydrogen (secondary N) is 1. The van der Waals surface area contributed by atoms with Crippen LogP contribution in [0.2, 0.25) is 0 Å². The zero-order valence-corrected chi connectivity index (χ0v) is 12.8. The predicted molar refractivity (Wildman–Crippen MR) is 85.4 cm³/mol. The molecule has 0 radical (unpaired) electrons. The summed E-state index contributed by atoms with van der Waals surface area (Å²) in [5.74, 6) is 0.414. The largest absolute Gasteiger partial charge is 0.356 e. The van der Waals surface area contributed by atoms with Gasteiger partial charge in [0.05, 0.1) is 5.52 Å². The number of para-hydroxylation sites is 1. The van der Waals surface area contributed by atoms with Crippen molar-refractivity contribution in [2.24, 2.45) is 5.92 Å². The number of carbonyl (C=O) groups is 1. The summed E-state index contributed by atoms with van der Waals surface area (Å²) in [6.07, 6.45) is 0.320. The number of carbonyl (C=O) groups excluding carboxylic acids is 1. The predicted octanol–water partition coefficient (Wildman–Crippen LogP) is 2.47. The van der Waals surface area contributed by atoms with Gasteiger partial charge in [0, 0.05) is 25.1 Å². The van der Waals surface area contributed by atoms with Crippen molar-refractivity contribution in [3.63, 3.8) is 0 Å². The van der Waals surface area contributed by atoms with Gasteiger partial charge in [0.2, 0.25) is 5.91 Å². The zero-order valence-electron chi connectivity index (χ0n) is 12.8. The van der Waals surface area contributed by atoms with Crippen LogP contribution in [0.1, 0.15) is 25.8 Å². The number of benzene rings is 1. The van der Waals surface area contributed by atoms with E-state index < -0.39 is 0 Å². The number of aryl methyl sites for hydroxylation is 2. The molecule has 2 rings (SSSR count). The van der Waals surface area contributed by atoms with Crippen molar-refractivity contribution < 1.29 is 4.79 Å². The first-order valence-electron chi connectivity index (χ1n) is 7.35. The van der Waals surface area contributed by atoms with Crippen LogP contribution in [0.4, 0.5) is 0 Å². The van der Waals surface area contributed by atoms with E-state index in [1.54, 1.807) is 4.57 Å². The van der Waals surface area contributed by atoms with Crippen LogP contribution in [0.3, 0.4) is 0 Å². The van der Waals surface area contributed by atoms with Crippen LogP contribution in [0.5, 0.6) is 0 Å². The molecule has 4 heteroatoms. The van der Waals surface area contributed by atoms with Crippen molar-refractivity contribution >= 4 is 16.8 Å². The lowest BCUT2D eigenvalue weighted by Gasteiger charge is -2.12. The zero-order chi connectivity index (χ0) is 15.4. The third kappa shape index (κ3) is 3.72. The fourth-order valence-electron chi connectivity index (χ4n) is 2.31. The molecule has 1 heterocycles. The van der Waals surface area contributed by atoms with Crippen molar-refractivity contribution in [3.05, 3.63) is 46.2 Å². The summed E-state index contributed by atoms with van der Waals surface area (Å²) in [5.41, 5.74) is 1.56. The van der Waals surface area contributed by atoms with Crippen LogP contribution >= 0.6 is 0 Å². The highest BCUT2D eigenvalue weighted by molar-refractivity contribution is 5.80. The summed E-state index contributed by atoms with van der Waals surface area (Å²) in [5, 5.41) is 3.91. The van der Waals surface area contributed by atoms with Crippen LogP contribution in [0, 0.1) is 12.8 Å². The Kier molecular flexibility index (Phi) is 4.78. The smallest absolute Gasteiger partial charge is 0.253 e. The second-order valence-corrected chi connectivity index (χ2v) is 5.79. The van der Waals surface area contributed by atoms with Gasteiger partial charge in [0.1, 0.15) is 0 Å². The molecule has 0 unspecified atom stereocenters. The molecule has 0 saturated heterocycles. The first-order chi connectivity index (χ1) is 9.99. The lowest BCUT2D eigenvalue weighted by atomic mass is 10.1. The van der Waals surface area contributed by atoms with Crippen LogP contribution < -0.4 is 10.9 Å². The Morgan fingerprint density at radius 2 is 2.00 bits per heavy atom. The Labute approximate surface area is 124 Å². The summed E-state index contributed by atoms with van der Waals surface area (Å²) in [4.78, 5) is 24.1. The summed E-state index contributed by atoms with van der Waals surface area (Å²) < 4.78 is 1.69. The molecule has 112 valence electrons. The van der Waals surface area contributed by atoms with E-state index in [0.717, 1.165) is 10.9 Å². The van der Waals surface area contributed by atoms with E-state index in [4.69, 9.17) is 0 Å². The lowest BCUT2D eigenvalue weighted by Crippen LogP contribution is -2.30. The average molecular weight is 286 g/mol. The SMILES string of the molecule is Cc1cc2ccccc2n(CCC(=O)NCC(C)C)c1=O. The average Bonchev–Trinajstić information content (AvgIpc) is 2.45. The maximum absolute atomic E-state index is 12.3. The monoisotopic (exact) mass is 286 g/mol. The molecule has 0 fully saturated rings. The number of amides is 1. The molecule has 1 aromatic carbocycles. The molecule has 1 N–H and O–H groups in total. The molecule has 0 spiro atoms. The first-order valence-corrected chi connectivity index (χ1v) is 7.35. The second-order valence-electron chi connectivity index (χ2n) is 5.79. The van der Waals surface area contributed by atoms with E-state index in [0.29, 0.717) is 31.0 Å². The third-order valence-corrected chi connectivity index (χ3v) is 3.45. The van der Waals surface area contributed by atoms with Gasteiger partial charge in [-0.25, -0.2) is 0 Å². The van der Waals surface area contributed by atoms with Crippen LogP contribution in [-0.4, -0.2) is 17.0 Å². The summed E-state index contributed by atoms with van der Waals surface area (Å²) in [6.45, 7) is 7.00. The molecule has 0 aliphatic heterocycles. The van der Waals surface area contributed by atoms with Crippen LogP contribution in [-0.2, 0) is 11.3 Å². The number of fused-ring (bicyclic) bond motifs is 1. The molecule has 21 heavy (non-hydrogen) atoms. The number of hydrogen-bond acceptors (Lipinski definition) is 2. The molecule has 0 aliphatic carbocycles. The maximum atomic E-state index is 12.3. The van der Waals surface area contributed by atoms with Gasteiger partial charge in [-0.15, -0.1) is 0 Å². The van der Waals surface area contributed by atoms with Gasteiger partial charge >= 0.3 is 0 Å². The Bertz CT molecular complexity index is 701. The van der Waals surface area contributed by atoms with E-state index in [2.05, 4.69) is 19.2 Å². The van der Waals surface area contributed by atoms with Gasteiger partial charge < -0.3 is 9.88 Å². The number of pyridine rings is 1. The van der Waals surface area contributed by atoms with Gasteiger partial charge in [-0.2, -0.15) is 0 Å². The van der Waals surface area contributed by atoms with Gasteiger partial charge in [-0.1, -0.05) is 32.0 Å². The molecule has 0 atom stereocenters. The molecule has 1 amide bonds.